The van der Waals surface area contributed by atoms with Crippen LogP contribution in [0.15, 0.2) is 53.2 Å². The second kappa shape index (κ2) is 8.44. The van der Waals surface area contributed by atoms with Gasteiger partial charge in [-0.15, -0.1) is 10.2 Å². The summed E-state index contributed by atoms with van der Waals surface area (Å²) in [7, 11) is 0. The Morgan fingerprint density at radius 3 is 2.93 bits per heavy atom. The van der Waals surface area contributed by atoms with Gasteiger partial charge in [0.05, 0.1) is 12.1 Å². The van der Waals surface area contributed by atoms with Crippen LogP contribution in [0.4, 0.5) is 0 Å². The molecule has 1 unspecified atom stereocenters. The lowest BCUT2D eigenvalue weighted by Crippen LogP contribution is -2.35. The van der Waals surface area contributed by atoms with Crippen LogP contribution in [-0.2, 0) is 13.0 Å². The number of hydrogen-bond donors (Lipinski definition) is 0. The van der Waals surface area contributed by atoms with Crippen LogP contribution in [0.1, 0.15) is 36.3 Å². The molecule has 27 heavy (non-hydrogen) atoms. The number of likely N-dealkylation sites (tertiary alicyclic amines) is 1. The van der Waals surface area contributed by atoms with Crippen LogP contribution in [0.25, 0.3) is 11.5 Å². The highest BCUT2D eigenvalue weighted by Gasteiger charge is 2.22. The van der Waals surface area contributed by atoms with Gasteiger partial charge in [-0.2, -0.15) is 0 Å². The molecule has 0 spiro atoms. The molecule has 0 aliphatic carbocycles. The van der Waals surface area contributed by atoms with E-state index in [0.717, 1.165) is 37.5 Å². The van der Waals surface area contributed by atoms with Crippen molar-refractivity contribution in [2.24, 2.45) is 5.92 Å². The highest BCUT2D eigenvalue weighted by molar-refractivity contribution is 5.49. The minimum Gasteiger partial charge on any atom is -0.419 e. The van der Waals surface area contributed by atoms with Gasteiger partial charge in [-0.25, -0.2) is 0 Å². The molecule has 1 saturated heterocycles. The third-order valence-corrected chi connectivity index (χ3v) is 5.42. The van der Waals surface area contributed by atoms with Gasteiger partial charge in [0.2, 0.25) is 11.8 Å². The molecule has 1 aliphatic heterocycles. The van der Waals surface area contributed by atoms with Gasteiger partial charge in [-0.1, -0.05) is 24.3 Å². The molecule has 4 rings (SSSR count). The smallest absolute Gasteiger partial charge is 0.249 e. The van der Waals surface area contributed by atoms with E-state index in [4.69, 9.17) is 4.42 Å². The summed E-state index contributed by atoms with van der Waals surface area (Å²) in [5.41, 5.74) is 3.75. The Bertz CT molecular complexity index is 862. The van der Waals surface area contributed by atoms with Crippen LogP contribution in [0.3, 0.4) is 0 Å². The lowest BCUT2D eigenvalue weighted by Gasteiger charge is -2.31. The van der Waals surface area contributed by atoms with E-state index < -0.39 is 0 Å². The van der Waals surface area contributed by atoms with Gasteiger partial charge in [-0.05, 0) is 68.3 Å². The van der Waals surface area contributed by atoms with Crippen molar-refractivity contribution in [1.29, 1.82) is 0 Å². The highest BCUT2D eigenvalue weighted by Crippen LogP contribution is 2.24. The van der Waals surface area contributed by atoms with Crippen LogP contribution in [0.5, 0.6) is 0 Å². The monoisotopic (exact) mass is 362 g/mol. The van der Waals surface area contributed by atoms with Crippen LogP contribution in [0, 0.1) is 12.8 Å². The Balaban J connectivity index is 1.32. The Morgan fingerprint density at radius 2 is 2.07 bits per heavy atom. The second-order valence-corrected chi connectivity index (χ2v) is 7.45. The molecule has 0 N–H and O–H groups in total. The maximum atomic E-state index is 5.85. The van der Waals surface area contributed by atoms with Crippen LogP contribution < -0.4 is 0 Å². The van der Waals surface area contributed by atoms with E-state index in [1.165, 1.54) is 30.4 Å². The van der Waals surface area contributed by atoms with E-state index >= 15 is 0 Å². The Kier molecular flexibility index (Phi) is 5.58. The minimum atomic E-state index is 0.547. The Morgan fingerprint density at radius 1 is 1.15 bits per heavy atom. The minimum absolute atomic E-state index is 0.547. The maximum absolute atomic E-state index is 5.85. The van der Waals surface area contributed by atoms with E-state index in [9.17, 15) is 0 Å². The first-order valence-electron chi connectivity index (χ1n) is 9.77. The summed E-state index contributed by atoms with van der Waals surface area (Å²) in [6, 6.07) is 12.5. The van der Waals surface area contributed by atoms with Gasteiger partial charge in [0, 0.05) is 18.9 Å². The molecule has 0 saturated carbocycles. The molecular weight excluding hydrogens is 336 g/mol. The molecule has 1 aromatic carbocycles. The van der Waals surface area contributed by atoms with E-state index in [1.54, 1.807) is 12.4 Å². The van der Waals surface area contributed by atoms with E-state index in [0.29, 0.717) is 11.8 Å². The van der Waals surface area contributed by atoms with Gasteiger partial charge in [0.1, 0.15) is 0 Å². The first-order chi connectivity index (χ1) is 13.3. The largest absolute Gasteiger partial charge is 0.419 e. The zero-order valence-electron chi connectivity index (χ0n) is 15.8. The van der Waals surface area contributed by atoms with E-state index in [2.05, 4.69) is 51.3 Å². The van der Waals surface area contributed by atoms with Gasteiger partial charge >= 0.3 is 0 Å². The molecule has 0 radical (unpaired) electrons. The van der Waals surface area contributed by atoms with Crippen molar-refractivity contribution in [3.63, 3.8) is 0 Å². The summed E-state index contributed by atoms with van der Waals surface area (Å²) < 4.78 is 5.85. The summed E-state index contributed by atoms with van der Waals surface area (Å²) in [5, 5.41) is 8.40. The summed E-state index contributed by atoms with van der Waals surface area (Å²) in [6.45, 7) is 5.15. The predicted molar refractivity (Wildman–Crippen MR) is 105 cm³/mol. The van der Waals surface area contributed by atoms with Gasteiger partial charge in [0.15, 0.2) is 0 Å². The van der Waals surface area contributed by atoms with Crippen molar-refractivity contribution in [1.82, 2.24) is 20.1 Å². The van der Waals surface area contributed by atoms with Crippen molar-refractivity contribution in [3.05, 3.63) is 65.8 Å². The average Bonchev–Trinajstić information content (AvgIpc) is 3.17. The topological polar surface area (TPSA) is 55.1 Å². The van der Waals surface area contributed by atoms with Crippen molar-refractivity contribution in [3.8, 4) is 11.5 Å². The first kappa shape index (κ1) is 17.9. The molecule has 0 bridgehead atoms. The molecule has 3 heterocycles. The van der Waals surface area contributed by atoms with Crippen LogP contribution >= 0.6 is 0 Å². The van der Waals surface area contributed by atoms with Crippen molar-refractivity contribution < 1.29 is 4.42 Å². The zero-order chi connectivity index (χ0) is 18.5. The highest BCUT2D eigenvalue weighted by atomic mass is 16.4. The molecule has 1 atom stereocenters. The van der Waals surface area contributed by atoms with E-state index in [1.807, 2.05) is 12.1 Å². The molecule has 5 nitrogen and oxygen atoms in total. The Hall–Kier alpha value is -2.53. The fourth-order valence-corrected chi connectivity index (χ4v) is 3.90. The van der Waals surface area contributed by atoms with E-state index in [-0.39, 0.29) is 0 Å². The lowest BCUT2D eigenvalue weighted by atomic mass is 9.90. The number of aryl methyl sites for hydroxylation is 2. The van der Waals surface area contributed by atoms with Crippen molar-refractivity contribution >= 4 is 0 Å². The normalized spacial score (nSPS) is 17.9. The molecule has 1 aliphatic rings. The van der Waals surface area contributed by atoms with Crippen LogP contribution in [-0.4, -0.2) is 33.2 Å². The predicted octanol–water partition coefficient (Wildman–Crippen LogP) is 4.28. The quantitative estimate of drug-likeness (QED) is 0.655. The third-order valence-electron chi connectivity index (χ3n) is 5.42. The fourth-order valence-electron chi connectivity index (χ4n) is 3.90. The number of aromatic nitrogens is 3. The Labute approximate surface area is 160 Å². The number of hydrogen-bond acceptors (Lipinski definition) is 5. The standard InChI is InChI=1S/C22H26N4O/c1-17-6-2-3-8-19(17)11-10-18-7-5-13-26(15-18)16-21-24-25-22(27-21)20-9-4-12-23-14-20/h2-4,6,8-9,12,14,18H,5,7,10-11,13,15-16H2,1H3. The van der Waals surface area contributed by atoms with Gasteiger partial charge in [-0.3, -0.25) is 9.88 Å². The summed E-state index contributed by atoms with van der Waals surface area (Å²) in [6.07, 6.45) is 8.45. The summed E-state index contributed by atoms with van der Waals surface area (Å²) >= 11 is 0. The fraction of sp³-hybridized carbons (Fsp3) is 0.409. The van der Waals surface area contributed by atoms with Crippen molar-refractivity contribution in [2.75, 3.05) is 13.1 Å². The molecular formula is C22H26N4O. The summed E-state index contributed by atoms with van der Waals surface area (Å²) in [4.78, 5) is 6.56. The number of nitrogens with zero attached hydrogens (tertiary/aromatic N) is 4. The maximum Gasteiger partial charge on any atom is 0.249 e. The summed E-state index contributed by atoms with van der Waals surface area (Å²) in [5.74, 6) is 1.97. The molecule has 3 aromatic rings. The molecule has 0 amide bonds. The zero-order valence-corrected chi connectivity index (χ0v) is 15.8. The molecule has 2 aromatic heterocycles. The van der Waals surface area contributed by atoms with Gasteiger partial charge in [0.25, 0.3) is 0 Å². The number of pyridine rings is 1. The van der Waals surface area contributed by atoms with Gasteiger partial charge < -0.3 is 4.42 Å². The molecule has 140 valence electrons. The number of piperidine rings is 1. The SMILES string of the molecule is Cc1ccccc1CCC1CCCN(Cc2nnc(-c3cccnc3)o2)C1. The number of rotatable bonds is 6. The second-order valence-electron chi connectivity index (χ2n) is 7.45. The van der Waals surface area contributed by atoms with Crippen molar-refractivity contribution in [2.45, 2.75) is 39.2 Å². The molecule has 5 heteroatoms. The first-order valence-corrected chi connectivity index (χ1v) is 9.77. The van der Waals surface area contributed by atoms with Crippen LogP contribution in [0.2, 0.25) is 0 Å². The number of benzene rings is 1. The third kappa shape index (κ3) is 4.61. The molecule has 1 fully saturated rings. The average molecular weight is 362 g/mol. The lowest BCUT2D eigenvalue weighted by molar-refractivity contribution is 0.150.